The fraction of sp³-hybridized carbons (Fsp3) is 1.00. The van der Waals surface area contributed by atoms with Gasteiger partial charge in [0.15, 0.2) is 0 Å². The predicted molar refractivity (Wildman–Crippen MR) is 46.5 cm³/mol. The fourth-order valence-corrected chi connectivity index (χ4v) is 2.64. The molecule has 0 radical (unpaired) electrons. The molecule has 0 bridgehead atoms. The number of thioether (sulfide) groups is 1. The van der Waals surface area contributed by atoms with E-state index >= 15 is 0 Å². The van der Waals surface area contributed by atoms with Gasteiger partial charge in [-0.3, -0.25) is 0 Å². The van der Waals surface area contributed by atoms with Crippen molar-refractivity contribution in [3.63, 3.8) is 0 Å². The highest BCUT2D eigenvalue weighted by Gasteiger charge is 2.23. The summed E-state index contributed by atoms with van der Waals surface area (Å²) in [5.41, 5.74) is 0. The molecule has 58 valence electrons. The van der Waals surface area contributed by atoms with Crippen LogP contribution in [0.4, 0.5) is 0 Å². The van der Waals surface area contributed by atoms with Gasteiger partial charge < -0.3 is 5.32 Å². The van der Waals surface area contributed by atoms with Crippen LogP contribution in [0.3, 0.4) is 0 Å². The first-order valence-electron chi connectivity index (χ1n) is 4.30. The van der Waals surface area contributed by atoms with Crippen molar-refractivity contribution < 1.29 is 0 Å². The van der Waals surface area contributed by atoms with Gasteiger partial charge >= 0.3 is 0 Å². The normalized spacial score (nSPS) is 33.0. The average molecular weight is 157 g/mol. The van der Waals surface area contributed by atoms with E-state index in [1.165, 1.54) is 38.0 Å². The lowest BCUT2D eigenvalue weighted by Crippen LogP contribution is -2.23. The largest absolute Gasteiger partial charge is 0.313 e. The molecule has 1 aliphatic heterocycles. The van der Waals surface area contributed by atoms with Crippen LogP contribution in [0.1, 0.15) is 25.7 Å². The van der Waals surface area contributed by atoms with Crippen molar-refractivity contribution in [2.75, 3.05) is 12.3 Å². The summed E-state index contributed by atoms with van der Waals surface area (Å²) >= 11 is 2.18. The van der Waals surface area contributed by atoms with E-state index in [1.54, 1.807) is 0 Å². The summed E-state index contributed by atoms with van der Waals surface area (Å²) in [5, 5.41) is 4.56. The Bertz CT molecular complexity index is 106. The van der Waals surface area contributed by atoms with Gasteiger partial charge in [-0.15, -0.1) is 0 Å². The highest BCUT2D eigenvalue weighted by atomic mass is 32.2. The molecule has 1 nitrogen and oxygen atoms in total. The Balaban J connectivity index is 1.59. The number of hydrogen-bond acceptors (Lipinski definition) is 2. The van der Waals surface area contributed by atoms with Crippen molar-refractivity contribution in [1.82, 2.24) is 5.32 Å². The van der Waals surface area contributed by atoms with Crippen molar-refractivity contribution in [3.05, 3.63) is 0 Å². The van der Waals surface area contributed by atoms with Crippen molar-refractivity contribution in [2.45, 2.75) is 37.0 Å². The summed E-state index contributed by atoms with van der Waals surface area (Å²) in [5.74, 6) is 1.37. The second-order valence-electron chi connectivity index (χ2n) is 3.33. The van der Waals surface area contributed by atoms with Gasteiger partial charge in [-0.1, -0.05) is 0 Å². The standard InChI is InChI=1S/C8H15NS/c1-2-7(9-5-1)6-10-8-3-4-8/h7-9H,1-6H2. The topological polar surface area (TPSA) is 12.0 Å². The zero-order chi connectivity index (χ0) is 6.81. The number of nitrogens with one attached hydrogen (secondary N) is 1. The van der Waals surface area contributed by atoms with Crippen LogP contribution in [-0.4, -0.2) is 23.6 Å². The third-order valence-corrected chi connectivity index (χ3v) is 3.76. The summed E-state index contributed by atoms with van der Waals surface area (Å²) in [7, 11) is 0. The van der Waals surface area contributed by atoms with E-state index in [-0.39, 0.29) is 0 Å². The Kier molecular flexibility index (Phi) is 2.19. The lowest BCUT2D eigenvalue weighted by Gasteiger charge is -2.07. The third kappa shape index (κ3) is 1.89. The van der Waals surface area contributed by atoms with Crippen molar-refractivity contribution >= 4 is 11.8 Å². The highest BCUT2D eigenvalue weighted by molar-refractivity contribution is 8.00. The summed E-state index contributed by atoms with van der Waals surface area (Å²) < 4.78 is 0. The summed E-state index contributed by atoms with van der Waals surface area (Å²) in [6.45, 7) is 1.26. The molecule has 1 aliphatic carbocycles. The van der Waals surface area contributed by atoms with Crippen molar-refractivity contribution in [3.8, 4) is 0 Å². The molecule has 2 fully saturated rings. The molecule has 2 heteroatoms. The summed E-state index contributed by atoms with van der Waals surface area (Å²) in [4.78, 5) is 0. The summed E-state index contributed by atoms with van der Waals surface area (Å²) in [6.07, 6.45) is 5.78. The first-order chi connectivity index (χ1) is 4.95. The second-order valence-corrected chi connectivity index (χ2v) is 4.66. The van der Waals surface area contributed by atoms with E-state index in [0.717, 1.165) is 11.3 Å². The van der Waals surface area contributed by atoms with Gasteiger partial charge in [-0.2, -0.15) is 11.8 Å². The van der Waals surface area contributed by atoms with Crippen LogP contribution < -0.4 is 5.32 Å². The zero-order valence-electron chi connectivity index (χ0n) is 6.31. The molecule has 0 aromatic heterocycles. The zero-order valence-corrected chi connectivity index (χ0v) is 7.12. The first kappa shape index (κ1) is 6.99. The quantitative estimate of drug-likeness (QED) is 0.668. The molecule has 1 heterocycles. The predicted octanol–water partition coefficient (Wildman–Crippen LogP) is 1.63. The molecular weight excluding hydrogens is 142 g/mol. The van der Waals surface area contributed by atoms with Gasteiger partial charge in [0, 0.05) is 17.0 Å². The van der Waals surface area contributed by atoms with Gasteiger partial charge in [-0.25, -0.2) is 0 Å². The monoisotopic (exact) mass is 157 g/mol. The molecule has 2 aliphatic rings. The number of rotatable bonds is 3. The Hall–Kier alpha value is 0.310. The van der Waals surface area contributed by atoms with E-state index in [2.05, 4.69) is 17.1 Å². The molecule has 0 amide bonds. The first-order valence-corrected chi connectivity index (χ1v) is 5.35. The molecule has 1 N–H and O–H groups in total. The van der Waals surface area contributed by atoms with Crippen LogP contribution in [0.25, 0.3) is 0 Å². The van der Waals surface area contributed by atoms with Crippen LogP contribution in [0.2, 0.25) is 0 Å². The molecule has 0 spiro atoms. The lowest BCUT2D eigenvalue weighted by molar-refractivity contribution is 0.674. The van der Waals surface area contributed by atoms with E-state index in [9.17, 15) is 0 Å². The van der Waals surface area contributed by atoms with Gasteiger partial charge in [0.25, 0.3) is 0 Å². The van der Waals surface area contributed by atoms with Crippen LogP contribution in [0.5, 0.6) is 0 Å². The molecule has 1 saturated heterocycles. The Labute approximate surface area is 67.0 Å². The third-order valence-electron chi connectivity index (χ3n) is 2.22. The van der Waals surface area contributed by atoms with Crippen LogP contribution in [0, 0.1) is 0 Å². The maximum Gasteiger partial charge on any atom is 0.0158 e. The second kappa shape index (κ2) is 3.14. The smallest absolute Gasteiger partial charge is 0.0158 e. The van der Waals surface area contributed by atoms with Crippen LogP contribution in [0.15, 0.2) is 0 Å². The van der Waals surface area contributed by atoms with Gasteiger partial charge in [0.2, 0.25) is 0 Å². The summed E-state index contributed by atoms with van der Waals surface area (Å²) in [6, 6.07) is 0.852. The van der Waals surface area contributed by atoms with Crippen LogP contribution in [-0.2, 0) is 0 Å². The maximum atomic E-state index is 3.52. The van der Waals surface area contributed by atoms with Gasteiger partial charge in [-0.05, 0) is 32.2 Å². The molecule has 1 atom stereocenters. The Morgan fingerprint density at radius 1 is 1.30 bits per heavy atom. The molecule has 0 aromatic rings. The Morgan fingerprint density at radius 2 is 2.20 bits per heavy atom. The highest BCUT2D eigenvalue weighted by Crippen LogP contribution is 2.34. The van der Waals surface area contributed by atoms with E-state index in [1.807, 2.05) is 0 Å². The molecule has 1 saturated carbocycles. The Morgan fingerprint density at radius 3 is 2.80 bits per heavy atom. The number of hydrogen-bond donors (Lipinski definition) is 1. The van der Waals surface area contributed by atoms with E-state index < -0.39 is 0 Å². The molecule has 0 aromatic carbocycles. The maximum absolute atomic E-state index is 3.52. The van der Waals surface area contributed by atoms with E-state index in [4.69, 9.17) is 0 Å². The minimum Gasteiger partial charge on any atom is -0.313 e. The van der Waals surface area contributed by atoms with Gasteiger partial charge in [0.1, 0.15) is 0 Å². The molecule has 2 rings (SSSR count). The minimum absolute atomic E-state index is 0.852. The average Bonchev–Trinajstić information content (AvgIpc) is 2.63. The molecule has 10 heavy (non-hydrogen) atoms. The molecule has 1 unspecified atom stereocenters. The fourth-order valence-electron chi connectivity index (χ4n) is 1.39. The minimum atomic E-state index is 0.852. The van der Waals surface area contributed by atoms with Crippen molar-refractivity contribution in [2.24, 2.45) is 0 Å². The van der Waals surface area contributed by atoms with Crippen LogP contribution >= 0.6 is 11.8 Å². The molecular formula is C8H15NS. The lowest BCUT2D eigenvalue weighted by atomic mass is 10.3. The SMILES string of the molecule is C1CNC(CSC2CC2)C1. The van der Waals surface area contributed by atoms with E-state index in [0.29, 0.717) is 0 Å². The van der Waals surface area contributed by atoms with Crippen molar-refractivity contribution in [1.29, 1.82) is 0 Å². The van der Waals surface area contributed by atoms with Gasteiger partial charge in [0.05, 0.1) is 0 Å².